The number of rotatable bonds is 7. The van der Waals surface area contributed by atoms with Crippen molar-refractivity contribution in [2.45, 2.75) is 32.0 Å². The maximum atomic E-state index is 12.5. The normalized spacial score (nSPS) is 13.3. The van der Waals surface area contributed by atoms with Crippen LogP contribution >= 0.6 is 0 Å². The minimum atomic E-state index is -2.61. The number of alkyl halides is 2. The first-order chi connectivity index (χ1) is 14.3. The first kappa shape index (κ1) is 20.0. The zero-order chi connectivity index (χ0) is 21.3. The van der Waals surface area contributed by atoms with E-state index in [9.17, 15) is 13.9 Å². The zero-order valence-corrected chi connectivity index (χ0v) is 16.3. The third-order valence-electron chi connectivity index (χ3n) is 4.76. The van der Waals surface area contributed by atoms with Crippen LogP contribution in [-0.2, 0) is 4.74 Å². The Morgan fingerprint density at radius 3 is 2.77 bits per heavy atom. The number of benzene rings is 1. The standard InChI is InChI=1S/C20H20F2N6O2/c1-20(2,30-10-16(21)22)17(29)13-6-14-9-26-28(19(14)23-8-13)15-5-3-4-12(7-15)18-24-11-25-27-18/h3-9,11,16-17,29H,10H2,1-2H3,(H,24,25,27)/t17-/m0/s1. The van der Waals surface area contributed by atoms with Crippen molar-refractivity contribution in [3.63, 3.8) is 0 Å². The number of hydrogen-bond acceptors (Lipinski definition) is 6. The van der Waals surface area contributed by atoms with Crippen LogP contribution in [0.25, 0.3) is 28.1 Å². The topological polar surface area (TPSA) is 102 Å². The SMILES string of the molecule is CC(C)(OCC(F)F)[C@@H](O)c1cnc2c(cnn2-c2cccc(-c3ncn[nH]3)c2)c1. The summed E-state index contributed by atoms with van der Waals surface area (Å²) in [6.07, 6.45) is 0.826. The van der Waals surface area contributed by atoms with Crippen LogP contribution in [0.1, 0.15) is 25.5 Å². The fourth-order valence-corrected chi connectivity index (χ4v) is 3.16. The Bertz CT molecular complexity index is 1140. The second-order valence-electron chi connectivity index (χ2n) is 7.33. The Morgan fingerprint density at radius 2 is 2.03 bits per heavy atom. The van der Waals surface area contributed by atoms with Gasteiger partial charge in [-0.2, -0.15) is 10.2 Å². The highest BCUT2D eigenvalue weighted by Gasteiger charge is 2.31. The predicted octanol–water partition coefficient (Wildman–Crippen LogP) is 3.30. The third-order valence-corrected chi connectivity index (χ3v) is 4.76. The molecule has 2 N–H and O–H groups in total. The second kappa shape index (κ2) is 7.88. The highest BCUT2D eigenvalue weighted by Crippen LogP contribution is 2.31. The maximum absolute atomic E-state index is 12.5. The maximum Gasteiger partial charge on any atom is 0.261 e. The van der Waals surface area contributed by atoms with E-state index < -0.39 is 24.7 Å². The summed E-state index contributed by atoms with van der Waals surface area (Å²) < 4.78 is 31.8. The van der Waals surface area contributed by atoms with Crippen LogP contribution in [0.4, 0.5) is 8.78 Å². The summed E-state index contributed by atoms with van der Waals surface area (Å²) in [7, 11) is 0. The molecular formula is C20H20F2N6O2. The van der Waals surface area contributed by atoms with Crippen molar-refractivity contribution in [2.75, 3.05) is 6.61 Å². The number of aromatic amines is 1. The molecule has 0 spiro atoms. The van der Waals surface area contributed by atoms with E-state index in [1.165, 1.54) is 12.5 Å². The number of halogens is 2. The summed E-state index contributed by atoms with van der Waals surface area (Å²) >= 11 is 0. The van der Waals surface area contributed by atoms with Gasteiger partial charge in [0.25, 0.3) is 6.43 Å². The van der Waals surface area contributed by atoms with E-state index in [0.29, 0.717) is 22.4 Å². The monoisotopic (exact) mass is 414 g/mol. The van der Waals surface area contributed by atoms with Gasteiger partial charge in [-0.15, -0.1) is 0 Å². The Balaban J connectivity index is 1.64. The van der Waals surface area contributed by atoms with Gasteiger partial charge in [-0.05, 0) is 32.0 Å². The largest absolute Gasteiger partial charge is 0.385 e. The minimum absolute atomic E-state index is 0.455. The third kappa shape index (κ3) is 3.91. The molecule has 1 atom stereocenters. The highest BCUT2D eigenvalue weighted by atomic mass is 19.3. The van der Waals surface area contributed by atoms with E-state index in [1.807, 2.05) is 24.3 Å². The molecule has 3 aromatic heterocycles. The lowest BCUT2D eigenvalue weighted by atomic mass is 9.95. The van der Waals surface area contributed by atoms with Crippen LogP contribution in [-0.4, -0.2) is 53.7 Å². The van der Waals surface area contributed by atoms with Gasteiger partial charge < -0.3 is 9.84 Å². The molecule has 0 aliphatic rings. The van der Waals surface area contributed by atoms with Crippen LogP contribution in [0.3, 0.4) is 0 Å². The molecule has 0 unspecified atom stereocenters. The van der Waals surface area contributed by atoms with Crippen molar-refractivity contribution in [1.29, 1.82) is 0 Å². The zero-order valence-electron chi connectivity index (χ0n) is 16.3. The summed E-state index contributed by atoms with van der Waals surface area (Å²) in [6.45, 7) is 2.37. The van der Waals surface area contributed by atoms with E-state index in [4.69, 9.17) is 4.74 Å². The first-order valence-electron chi connectivity index (χ1n) is 9.25. The van der Waals surface area contributed by atoms with Crippen molar-refractivity contribution in [1.82, 2.24) is 29.9 Å². The average molecular weight is 414 g/mol. The predicted molar refractivity (Wildman–Crippen MR) is 105 cm³/mol. The van der Waals surface area contributed by atoms with Crippen LogP contribution in [0.5, 0.6) is 0 Å². The lowest BCUT2D eigenvalue weighted by molar-refractivity contribution is -0.129. The lowest BCUT2D eigenvalue weighted by Gasteiger charge is -2.30. The van der Waals surface area contributed by atoms with E-state index >= 15 is 0 Å². The summed E-state index contributed by atoms with van der Waals surface area (Å²) in [5.41, 5.74) is 1.47. The van der Waals surface area contributed by atoms with Crippen molar-refractivity contribution < 1.29 is 18.6 Å². The number of H-pyrrole nitrogens is 1. The van der Waals surface area contributed by atoms with Gasteiger partial charge in [0.15, 0.2) is 11.5 Å². The number of fused-ring (bicyclic) bond motifs is 1. The van der Waals surface area contributed by atoms with Gasteiger partial charge in [-0.1, -0.05) is 12.1 Å². The number of aromatic nitrogens is 6. The first-order valence-corrected chi connectivity index (χ1v) is 9.25. The molecule has 0 amide bonds. The summed E-state index contributed by atoms with van der Waals surface area (Å²) in [5, 5.41) is 22.4. The van der Waals surface area contributed by atoms with Gasteiger partial charge in [0.05, 0.1) is 17.5 Å². The molecule has 0 saturated carbocycles. The molecule has 1 aromatic carbocycles. The summed E-state index contributed by atoms with van der Waals surface area (Å²) in [5.74, 6) is 0.637. The lowest BCUT2D eigenvalue weighted by Crippen LogP contribution is -2.34. The smallest absolute Gasteiger partial charge is 0.261 e. The number of nitrogens with zero attached hydrogens (tertiary/aromatic N) is 5. The number of pyridine rings is 1. The van der Waals surface area contributed by atoms with Crippen molar-refractivity contribution >= 4 is 11.0 Å². The van der Waals surface area contributed by atoms with Crippen LogP contribution in [0.15, 0.2) is 49.1 Å². The molecule has 3 heterocycles. The molecule has 0 fully saturated rings. The molecule has 0 bridgehead atoms. The van der Waals surface area contributed by atoms with Crippen LogP contribution < -0.4 is 0 Å². The number of aliphatic hydroxyl groups excluding tert-OH is 1. The Hall–Kier alpha value is -3.24. The Kier molecular flexibility index (Phi) is 5.27. The number of hydrogen-bond donors (Lipinski definition) is 2. The molecule has 0 aliphatic carbocycles. The van der Waals surface area contributed by atoms with Gasteiger partial charge in [-0.3, -0.25) is 5.10 Å². The van der Waals surface area contributed by atoms with Crippen LogP contribution in [0.2, 0.25) is 0 Å². The molecule has 0 radical (unpaired) electrons. The molecule has 0 saturated heterocycles. The highest BCUT2D eigenvalue weighted by molar-refractivity contribution is 5.77. The van der Waals surface area contributed by atoms with Gasteiger partial charge >= 0.3 is 0 Å². The van der Waals surface area contributed by atoms with E-state index in [1.54, 1.807) is 30.8 Å². The van der Waals surface area contributed by atoms with Crippen molar-refractivity contribution in [3.05, 3.63) is 54.6 Å². The summed E-state index contributed by atoms with van der Waals surface area (Å²) in [6, 6.07) is 9.29. The molecular weight excluding hydrogens is 394 g/mol. The van der Waals surface area contributed by atoms with Crippen LogP contribution in [0, 0.1) is 0 Å². The number of nitrogens with one attached hydrogen (secondary N) is 1. The van der Waals surface area contributed by atoms with E-state index in [-0.39, 0.29) is 0 Å². The minimum Gasteiger partial charge on any atom is -0.385 e. The van der Waals surface area contributed by atoms with Gasteiger partial charge in [0.2, 0.25) is 0 Å². The quantitative estimate of drug-likeness (QED) is 0.481. The Morgan fingerprint density at radius 1 is 1.20 bits per heavy atom. The van der Waals surface area contributed by atoms with Crippen molar-refractivity contribution in [3.8, 4) is 17.1 Å². The molecule has 0 aliphatic heterocycles. The molecule has 30 heavy (non-hydrogen) atoms. The summed E-state index contributed by atoms with van der Waals surface area (Å²) in [4.78, 5) is 8.59. The van der Waals surface area contributed by atoms with Gasteiger partial charge in [-0.25, -0.2) is 23.4 Å². The molecule has 4 aromatic rings. The van der Waals surface area contributed by atoms with E-state index in [0.717, 1.165) is 11.3 Å². The van der Waals surface area contributed by atoms with Gasteiger partial charge in [0.1, 0.15) is 19.0 Å². The average Bonchev–Trinajstić information content (AvgIpc) is 3.41. The Labute approximate surface area is 170 Å². The molecule has 4 rings (SSSR count). The molecule has 10 heteroatoms. The van der Waals surface area contributed by atoms with Gasteiger partial charge in [0, 0.05) is 22.7 Å². The molecule has 156 valence electrons. The fourth-order valence-electron chi connectivity index (χ4n) is 3.16. The number of aliphatic hydroxyl groups is 1. The second-order valence-corrected chi connectivity index (χ2v) is 7.33. The van der Waals surface area contributed by atoms with E-state index in [2.05, 4.69) is 25.3 Å². The molecule has 8 nitrogen and oxygen atoms in total. The number of ether oxygens (including phenoxy) is 1. The van der Waals surface area contributed by atoms with Crippen molar-refractivity contribution in [2.24, 2.45) is 0 Å². The fraction of sp³-hybridized carbons (Fsp3) is 0.300.